The third kappa shape index (κ3) is 7.94. The Morgan fingerprint density at radius 1 is 1.13 bits per heavy atom. The molecule has 2 aromatic carbocycles. The second-order valence-electron chi connectivity index (χ2n) is 6.53. The van der Waals surface area contributed by atoms with Crippen molar-refractivity contribution < 1.29 is 27.5 Å². The predicted octanol–water partition coefficient (Wildman–Crippen LogP) is 4.70. The molecule has 0 fully saturated rings. The summed E-state index contributed by atoms with van der Waals surface area (Å²) in [6, 6.07) is 10.3. The monoisotopic (exact) mass is 487 g/mol. The molecule has 0 saturated heterocycles. The summed E-state index contributed by atoms with van der Waals surface area (Å²) in [4.78, 5) is 24.0. The standard InChI is InChI=1S/C20H21BrF3N3O3/c1-12-9-15(21)5-8-17(12)27-18(28)10-25-19(29)26-13(2)14-3-6-16(7-4-14)30-11-20(22,23)24/h3-9,13H,10-11H2,1-2H3,(H,27,28)(H2,25,26,29). The van der Waals surface area contributed by atoms with Crippen LogP contribution in [-0.4, -0.2) is 31.3 Å². The number of halogens is 4. The van der Waals surface area contributed by atoms with Gasteiger partial charge in [-0.1, -0.05) is 28.1 Å². The summed E-state index contributed by atoms with van der Waals surface area (Å²) in [5.74, 6) is -0.304. The van der Waals surface area contributed by atoms with E-state index < -0.39 is 24.9 Å². The number of amides is 3. The van der Waals surface area contributed by atoms with Crippen molar-refractivity contribution in [1.82, 2.24) is 10.6 Å². The van der Waals surface area contributed by atoms with Gasteiger partial charge in [-0.05, 0) is 55.3 Å². The van der Waals surface area contributed by atoms with Crippen molar-refractivity contribution in [2.45, 2.75) is 26.1 Å². The molecule has 0 aliphatic rings. The number of rotatable bonds is 7. The highest BCUT2D eigenvalue weighted by atomic mass is 79.9. The number of carbonyl (C=O) groups excluding carboxylic acids is 2. The number of anilines is 1. The van der Waals surface area contributed by atoms with Crippen LogP contribution in [0.5, 0.6) is 5.75 Å². The number of carbonyl (C=O) groups is 2. The van der Waals surface area contributed by atoms with Gasteiger partial charge in [-0.15, -0.1) is 0 Å². The third-order valence-electron chi connectivity index (χ3n) is 4.00. The van der Waals surface area contributed by atoms with Crippen molar-refractivity contribution >= 4 is 33.6 Å². The van der Waals surface area contributed by atoms with Gasteiger partial charge in [0.2, 0.25) is 5.91 Å². The van der Waals surface area contributed by atoms with Gasteiger partial charge in [-0.2, -0.15) is 13.2 Å². The average molecular weight is 488 g/mol. The van der Waals surface area contributed by atoms with E-state index in [1.54, 1.807) is 31.2 Å². The second kappa shape index (κ2) is 10.3. The van der Waals surface area contributed by atoms with Crippen LogP contribution in [0.1, 0.15) is 24.1 Å². The summed E-state index contributed by atoms with van der Waals surface area (Å²) in [5.41, 5.74) is 2.18. The fourth-order valence-electron chi connectivity index (χ4n) is 2.47. The molecule has 0 radical (unpaired) electrons. The SMILES string of the molecule is Cc1cc(Br)ccc1NC(=O)CNC(=O)NC(C)c1ccc(OCC(F)(F)F)cc1. The number of alkyl halides is 3. The molecule has 162 valence electrons. The maximum Gasteiger partial charge on any atom is 0.422 e. The van der Waals surface area contributed by atoms with Crippen molar-refractivity contribution in [2.75, 3.05) is 18.5 Å². The molecule has 0 aromatic heterocycles. The molecule has 0 aliphatic carbocycles. The first-order chi connectivity index (χ1) is 14.0. The molecule has 0 aliphatic heterocycles. The van der Waals surface area contributed by atoms with Crippen LogP contribution in [0.15, 0.2) is 46.9 Å². The lowest BCUT2D eigenvalue weighted by Crippen LogP contribution is -2.41. The maximum atomic E-state index is 12.2. The Morgan fingerprint density at radius 3 is 2.40 bits per heavy atom. The molecule has 2 aromatic rings. The topological polar surface area (TPSA) is 79.5 Å². The summed E-state index contributed by atoms with van der Waals surface area (Å²) < 4.78 is 42.0. The summed E-state index contributed by atoms with van der Waals surface area (Å²) in [5, 5.41) is 7.82. The van der Waals surface area contributed by atoms with Gasteiger partial charge < -0.3 is 20.7 Å². The van der Waals surface area contributed by atoms with Gasteiger partial charge in [0, 0.05) is 10.2 Å². The van der Waals surface area contributed by atoms with Crippen LogP contribution in [0.3, 0.4) is 0 Å². The Kier molecular flexibility index (Phi) is 8.10. The van der Waals surface area contributed by atoms with Gasteiger partial charge in [0.1, 0.15) is 5.75 Å². The van der Waals surface area contributed by atoms with E-state index in [1.807, 2.05) is 13.0 Å². The lowest BCUT2D eigenvalue weighted by Gasteiger charge is -2.16. The van der Waals surface area contributed by atoms with Gasteiger partial charge in [0.05, 0.1) is 12.6 Å². The lowest BCUT2D eigenvalue weighted by molar-refractivity contribution is -0.153. The quantitative estimate of drug-likeness (QED) is 0.529. The number of aryl methyl sites for hydroxylation is 1. The van der Waals surface area contributed by atoms with Crippen molar-refractivity contribution in [1.29, 1.82) is 0 Å². The summed E-state index contributed by atoms with van der Waals surface area (Å²) in [6.07, 6.45) is -4.41. The van der Waals surface area contributed by atoms with E-state index in [9.17, 15) is 22.8 Å². The zero-order valence-electron chi connectivity index (χ0n) is 16.3. The molecule has 0 bridgehead atoms. The molecule has 0 saturated carbocycles. The fraction of sp³-hybridized carbons (Fsp3) is 0.300. The minimum atomic E-state index is -4.41. The predicted molar refractivity (Wildman–Crippen MR) is 110 cm³/mol. The molecular weight excluding hydrogens is 467 g/mol. The van der Waals surface area contributed by atoms with Crippen LogP contribution in [0.2, 0.25) is 0 Å². The summed E-state index contributed by atoms with van der Waals surface area (Å²) in [6.45, 7) is 1.96. The second-order valence-corrected chi connectivity index (χ2v) is 7.44. The van der Waals surface area contributed by atoms with E-state index in [2.05, 4.69) is 36.6 Å². The van der Waals surface area contributed by atoms with Crippen LogP contribution in [0, 0.1) is 6.92 Å². The first kappa shape index (κ1) is 23.5. The molecule has 3 amide bonds. The number of nitrogens with one attached hydrogen (secondary N) is 3. The van der Waals surface area contributed by atoms with Gasteiger partial charge in [-0.25, -0.2) is 4.79 Å². The van der Waals surface area contributed by atoms with Crippen LogP contribution >= 0.6 is 15.9 Å². The maximum absolute atomic E-state index is 12.2. The minimum Gasteiger partial charge on any atom is -0.484 e. The van der Waals surface area contributed by atoms with E-state index >= 15 is 0 Å². The first-order valence-electron chi connectivity index (χ1n) is 8.93. The highest BCUT2D eigenvalue weighted by Crippen LogP contribution is 2.21. The molecule has 0 spiro atoms. The Morgan fingerprint density at radius 2 is 1.80 bits per heavy atom. The molecule has 1 unspecified atom stereocenters. The van der Waals surface area contributed by atoms with Crippen LogP contribution in [-0.2, 0) is 4.79 Å². The van der Waals surface area contributed by atoms with Gasteiger partial charge >= 0.3 is 12.2 Å². The number of benzene rings is 2. The molecular formula is C20H21BrF3N3O3. The molecule has 3 N–H and O–H groups in total. The molecule has 6 nitrogen and oxygen atoms in total. The van der Waals surface area contributed by atoms with E-state index in [0.29, 0.717) is 11.3 Å². The molecule has 30 heavy (non-hydrogen) atoms. The average Bonchev–Trinajstić information content (AvgIpc) is 2.67. The zero-order valence-corrected chi connectivity index (χ0v) is 17.9. The number of hydrogen-bond donors (Lipinski definition) is 3. The summed E-state index contributed by atoms with van der Waals surface area (Å²) >= 11 is 3.34. The Labute approximate surface area is 180 Å². The number of ether oxygens (including phenoxy) is 1. The Balaban J connectivity index is 1.79. The minimum absolute atomic E-state index is 0.0765. The molecule has 2 rings (SSSR count). The Hall–Kier alpha value is -2.75. The van der Waals surface area contributed by atoms with Gasteiger partial charge in [-0.3, -0.25) is 4.79 Å². The Bertz CT molecular complexity index is 889. The highest BCUT2D eigenvalue weighted by molar-refractivity contribution is 9.10. The van der Waals surface area contributed by atoms with Crippen LogP contribution in [0.25, 0.3) is 0 Å². The fourth-order valence-corrected chi connectivity index (χ4v) is 2.95. The molecule has 10 heteroatoms. The highest BCUT2D eigenvalue weighted by Gasteiger charge is 2.28. The van der Waals surface area contributed by atoms with Crippen LogP contribution in [0.4, 0.5) is 23.7 Å². The first-order valence-corrected chi connectivity index (χ1v) is 9.72. The van der Waals surface area contributed by atoms with Crippen molar-refractivity contribution in [3.05, 3.63) is 58.1 Å². The normalized spacial score (nSPS) is 12.1. The van der Waals surface area contributed by atoms with E-state index in [1.165, 1.54) is 12.1 Å². The molecule has 0 heterocycles. The van der Waals surface area contributed by atoms with Crippen molar-refractivity contribution in [3.63, 3.8) is 0 Å². The molecule has 1 atom stereocenters. The number of urea groups is 1. The largest absolute Gasteiger partial charge is 0.484 e. The van der Waals surface area contributed by atoms with Gasteiger partial charge in [0.15, 0.2) is 6.61 Å². The summed E-state index contributed by atoms with van der Waals surface area (Å²) in [7, 11) is 0. The smallest absolute Gasteiger partial charge is 0.422 e. The third-order valence-corrected chi connectivity index (χ3v) is 4.50. The van der Waals surface area contributed by atoms with Crippen LogP contribution < -0.4 is 20.7 Å². The van der Waals surface area contributed by atoms with E-state index in [0.717, 1.165) is 10.0 Å². The van der Waals surface area contributed by atoms with Gasteiger partial charge in [0.25, 0.3) is 0 Å². The lowest BCUT2D eigenvalue weighted by atomic mass is 10.1. The van der Waals surface area contributed by atoms with Crippen molar-refractivity contribution in [3.8, 4) is 5.75 Å². The van der Waals surface area contributed by atoms with Crippen molar-refractivity contribution in [2.24, 2.45) is 0 Å². The zero-order chi connectivity index (χ0) is 22.3. The van der Waals surface area contributed by atoms with E-state index in [-0.39, 0.29) is 18.2 Å². The number of hydrogen-bond acceptors (Lipinski definition) is 3. The van der Waals surface area contributed by atoms with E-state index in [4.69, 9.17) is 0 Å².